The van der Waals surface area contributed by atoms with E-state index >= 15 is 0 Å². The summed E-state index contributed by atoms with van der Waals surface area (Å²) in [6.45, 7) is 2.12. The summed E-state index contributed by atoms with van der Waals surface area (Å²) in [5.41, 5.74) is 0.00822. The molecule has 1 amide bonds. The molecular weight excluding hydrogens is 274 g/mol. The van der Waals surface area contributed by atoms with Gasteiger partial charge in [-0.15, -0.1) is 0 Å². The average Bonchev–Trinajstić information content (AvgIpc) is 3.00. The van der Waals surface area contributed by atoms with Gasteiger partial charge in [0, 0.05) is 6.54 Å². The van der Waals surface area contributed by atoms with E-state index in [1.165, 1.54) is 6.33 Å². The van der Waals surface area contributed by atoms with Gasteiger partial charge in [-0.1, -0.05) is 0 Å². The van der Waals surface area contributed by atoms with Crippen molar-refractivity contribution in [3.05, 3.63) is 28.0 Å². The quantitative estimate of drug-likeness (QED) is 0.772. The van der Waals surface area contributed by atoms with Gasteiger partial charge in [0.1, 0.15) is 11.1 Å². The minimum absolute atomic E-state index is 0.165. The van der Waals surface area contributed by atoms with Crippen LogP contribution in [-0.4, -0.2) is 33.6 Å². The number of fused-ring (bicyclic) bond motifs is 1. The molecule has 7 heteroatoms. The Balaban J connectivity index is 1.81. The molecule has 112 valence electrons. The van der Waals surface area contributed by atoms with Crippen LogP contribution in [0.15, 0.2) is 15.5 Å². The van der Waals surface area contributed by atoms with E-state index in [1.807, 2.05) is 0 Å². The van der Waals surface area contributed by atoms with Crippen molar-refractivity contribution in [1.29, 1.82) is 0 Å². The second-order valence-electron chi connectivity index (χ2n) is 5.49. The highest BCUT2D eigenvalue weighted by Crippen LogP contribution is 2.25. The van der Waals surface area contributed by atoms with Gasteiger partial charge in [0.2, 0.25) is 5.71 Å². The van der Waals surface area contributed by atoms with Crippen LogP contribution in [0.1, 0.15) is 35.4 Å². The predicted octanol–water partition coefficient (Wildman–Crippen LogP) is 0.715. The monoisotopic (exact) mass is 291 g/mol. The third-order valence-corrected chi connectivity index (χ3v) is 3.96. The number of aromatic nitrogens is 2. The fraction of sp³-hybridized carbons (Fsp3) is 0.500. The number of aryl methyl sites for hydroxylation is 1. The Kier molecular flexibility index (Phi) is 3.50. The van der Waals surface area contributed by atoms with Crippen LogP contribution in [-0.2, 0) is 0 Å². The van der Waals surface area contributed by atoms with Gasteiger partial charge in [-0.3, -0.25) is 9.59 Å². The Labute approximate surface area is 120 Å². The Hall–Kier alpha value is -2.15. The smallest absolute Gasteiger partial charge is 0.262 e. The van der Waals surface area contributed by atoms with E-state index in [0.717, 1.165) is 12.8 Å². The SMILES string of the molecule is Cc1oc2nc[nH]c(=O)c2c1C(=O)NCC1CCC(O)C1. The number of hydrogen-bond acceptors (Lipinski definition) is 5. The average molecular weight is 291 g/mol. The van der Waals surface area contributed by atoms with E-state index in [4.69, 9.17) is 4.42 Å². The molecule has 2 heterocycles. The molecule has 2 aromatic rings. The molecule has 1 aliphatic carbocycles. The second-order valence-corrected chi connectivity index (χ2v) is 5.49. The van der Waals surface area contributed by atoms with E-state index in [9.17, 15) is 14.7 Å². The lowest BCUT2D eigenvalue weighted by atomic mass is 10.1. The number of rotatable bonds is 3. The first-order valence-electron chi connectivity index (χ1n) is 6.99. The van der Waals surface area contributed by atoms with Crippen molar-refractivity contribution in [1.82, 2.24) is 15.3 Å². The summed E-state index contributed by atoms with van der Waals surface area (Å²) < 4.78 is 5.36. The highest BCUT2D eigenvalue weighted by atomic mass is 16.3. The molecule has 3 N–H and O–H groups in total. The van der Waals surface area contributed by atoms with Crippen LogP contribution in [0.3, 0.4) is 0 Å². The number of H-pyrrole nitrogens is 1. The van der Waals surface area contributed by atoms with Gasteiger partial charge in [-0.2, -0.15) is 0 Å². The van der Waals surface area contributed by atoms with Crippen LogP contribution < -0.4 is 10.9 Å². The van der Waals surface area contributed by atoms with Crippen molar-refractivity contribution < 1.29 is 14.3 Å². The number of hydrogen-bond donors (Lipinski definition) is 3. The highest BCUT2D eigenvalue weighted by Gasteiger charge is 2.25. The van der Waals surface area contributed by atoms with Crippen LogP contribution in [0.2, 0.25) is 0 Å². The molecule has 2 aromatic heterocycles. The summed E-state index contributed by atoms with van der Waals surface area (Å²) in [5.74, 6) is 0.308. The van der Waals surface area contributed by atoms with Crippen LogP contribution in [0.4, 0.5) is 0 Å². The molecule has 0 spiro atoms. The Morgan fingerprint density at radius 3 is 3.10 bits per heavy atom. The van der Waals surface area contributed by atoms with Gasteiger partial charge in [0.05, 0.1) is 18.0 Å². The van der Waals surface area contributed by atoms with Crippen molar-refractivity contribution in [2.24, 2.45) is 5.92 Å². The minimum atomic E-state index is -0.390. The van der Waals surface area contributed by atoms with Crippen LogP contribution in [0.25, 0.3) is 11.1 Å². The maximum Gasteiger partial charge on any atom is 0.262 e. The number of aliphatic hydroxyl groups is 1. The van der Waals surface area contributed by atoms with Crippen LogP contribution >= 0.6 is 0 Å². The third kappa shape index (κ3) is 2.56. The van der Waals surface area contributed by atoms with E-state index in [0.29, 0.717) is 18.7 Å². The number of aromatic amines is 1. The maximum absolute atomic E-state index is 12.3. The predicted molar refractivity (Wildman–Crippen MR) is 75.0 cm³/mol. The Bertz CT molecular complexity index is 733. The fourth-order valence-corrected chi connectivity index (χ4v) is 2.89. The highest BCUT2D eigenvalue weighted by molar-refractivity contribution is 6.06. The van der Waals surface area contributed by atoms with Crippen molar-refractivity contribution in [3.8, 4) is 0 Å². The lowest BCUT2D eigenvalue weighted by molar-refractivity contribution is 0.0945. The number of aliphatic hydroxyl groups excluding tert-OH is 1. The van der Waals surface area contributed by atoms with Crippen molar-refractivity contribution in [2.75, 3.05) is 6.54 Å². The van der Waals surface area contributed by atoms with Gasteiger partial charge in [-0.25, -0.2) is 4.98 Å². The number of nitrogens with one attached hydrogen (secondary N) is 2. The lowest BCUT2D eigenvalue weighted by Gasteiger charge is -2.10. The molecule has 0 bridgehead atoms. The number of nitrogens with zero attached hydrogens (tertiary/aromatic N) is 1. The van der Waals surface area contributed by atoms with Gasteiger partial charge in [-0.05, 0) is 32.1 Å². The first-order chi connectivity index (χ1) is 10.1. The molecular formula is C14H17N3O4. The molecule has 1 aliphatic rings. The van der Waals surface area contributed by atoms with Crippen molar-refractivity contribution >= 4 is 17.0 Å². The largest absolute Gasteiger partial charge is 0.442 e. The number of carbonyl (C=O) groups is 1. The van der Waals surface area contributed by atoms with E-state index in [2.05, 4.69) is 15.3 Å². The molecule has 7 nitrogen and oxygen atoms in total. The molecule has 21 heavy (non-hydrogen) atoms. The van der Waals surface area contributed by atoms with E-state index in [-0.39, 0.29) is 34.6 Å². The zero-order valence-electron chi connectivity index (χ0n) is 11.7. The molecule has 2 unspecified atom stereocenters. The standard InChI is InChI=1S/C14H17N3O4/c1-7-10(11-13(20)16-6-17-14(11)21-7)12(19)15-5-8-2-3-9(18)4-8/h6,8-9,18H,2-5H2,1H3,(H,15,19)(H,16,17,20). The van der Waals surface area contributed by atoms with Crippen molar-refractivity contribution in [3.63, 3.8) is 0 Å². The summed E-state index contributed by atoms with van der Waals surface area (Å²) in [5, 5.41) is 12.5. The molecule has 0 radical (unpaired) electrons. The van der Waals surface area contributed by atoms with Gasteiger partial charge in [0.15, 0.2) is 0 Å². The van der Waals surface area contributed by atoms with Gasteiger partial charge < -0.3 is 19.8 Å². The molecule has 1 fully saturated rings. The van der Waals surface area contributed by atoms with Crippen molar-refractivity contribution in [2.45, 2.75) is 32.3 Å². The second kappa shape index (κ2) is 5.33. The summed E-state index contributed by atoms with van der Waals surface area (Å²) in [7, 11) is 0. The number of carbonyl (C=O) groups excluding carboxylic acids is 1. The summed E-state index contributed by atoms with van der Waals surface area (Å²) >= 11 is 0. The lowest BCUT2D eigenvalue weighted by Crippen LogP contribution is -2.29. The molecule has 0 aromatic carbocycles. The number of furan rings is 1. The third-order valence-electron chi connectivity index (χ3n) is 3.96. The zero-order valence-corrected chi connectivity index (χ0v) is 11.7. The van der Waals surface area contributed by atoms with Gasteiger partial charge in [0.25, 0.3) is 11.5 Å². The Morgan fingerprint density at radius 2 is 2.38 bits per heavy atom. The van der Waals surface area contributed by atoms with Crippen LogP contribution in [0.5, 0.6) is 0 Å². The van der Waals surface area contributed by atoms with Gasteiger partial charge >= 0.3 is 0 Å². The van der Waals surface area contributed by atoms with E-state index < -0.39 is 5.56 Å². The Morgan fingerprint density at radius 1 is 1.57 bits per heavy atom. The first kappa shape index (κ1) is 13.8. The zero-order chi connectivity index (χ0) is 15.0. The topological polar surface area (TPSA) is 108 Å². The van der Waals surface area contributed by atoms with E-state index in [1.54, 1.807) is 6.92 Å². The summed E-state index contributed by atoms with van der Waals surface area (Å²) in [6, 6.07) is 0. The maximum atomic E-state index is 12.3. The van der Waals surface area contributed by atoms with Crippen LogP contribution in [0, 0.1) is 12.8 Å². The molecule has 0 saturated heterocycles. The molecule has 2 atom stereocenters. The molecule has 1 saturated carbocycles. The molecule has 3 rings (SSSR count). The summed E-state index contributed by atoms with van der Waals surface area (Å²) in [4.78, 5) is 30.5. The minimum Gasteiger partial charge on any atom is -0.442 e. The fourth-order valence-electron chi connectivity index (χ4n) is 2.89. The summed E-state index contributed by atoms with van der Waals surface area (Å²) in [6.07, 6.45) is 3.35. The molecule has 0 aliphatic heterocycles. The first-order valence-corrected chi connectivity index (χ1v) is 6.99. The normalized spacial score (nSPS) is 21.8. The number of amides is 1.